The summed E-state index contributed by atoms with van der Waals surface area (Å²) in [6.45, 7) is 10.8. The highest BCUT2D eigenvalue weighted by atomic mass is 15.3. The molecule has 0 aliphatic carbocycles. The van der Waals surface area contributed by atoms with Crippen LogP contribution in [0.25, 0.3) is 0 Å². The van der Waals surface area contributed by atoms with Crippen molar-refractivity contribution in [2.45, 2.75) is 58.4 Å². The van der Waals surface area contributed by atoms with Gasteiger partial charge in [0.1, 0.15) is 0 Å². The zero-order valence-corrected chi connectivity index (χ0v) is 11.8. The minimum atomic E-state index is -0.0579. The molecule has 1 unspecified atom stereocenters. The Hall–Kier alpha value is -0.990. The van der Waals surface area contributed by atoms with Crippen molar-refractivity contribution in [1.29, 1.82) is 0 Å². The van der Waals surface area contributed by atoms with Crippen molar-refractivity contribution in [3.05, 3.63) is 12.3 Å². The molecule has 0 spiro atoms. The molecule has 0 aromatic heterocycles. The first-order chi connectivity index (χ1) is 7.94. The average molecular weight is 237 g/mol. The third kappa shape index (κ3) is 3.02. The molecule has 0 saturated heterocycles. The largest absolute Gasteiger partial charge is 0.370 e. The van der Waals surface area contributed by atoms with Gasteiger partial charge in [0.15, 0.2) is 5.96 Å². The molecule has 0 aromatic carbocycles. The summed E-state index contributed by atoms with van der Waals surface area (Å²) in [5.74, 6) is 1.21. The Morgan fingerprint density at radius 2 is 2.18 bits per heavy atom. The van der Waals surface area contributed by atoms with Gasteiger partial charge in [-0.3, -0.25) is 0 Å². The van der Waals surface area contributed by atoms with E-state index in [4.69, 9.17) is 10.7 Å². The molecule has 0 amide bonds. The maximum absolute atomic E-state index is 5.98. The van der Waals surface area contributed by atoms with Crippen LogP contribution in [0.3, 0.4) is 0 Å². The summed E-state index contributed by atoms with van der Waals surface area (Å²) in [6, 6.07) is 0. The smallest absolute Gasteiger partial charge is 0.195 e. The minimum absolute atomic E-state index is 0.0579. The van der Waals surface area contributed by atoms with Gasteiger partial charge in [0, 0.05) is 19.2 Å². The van der Waals surface area contributed by atoms with E-state index in [2.05, 4.69) is 27.4 Å². The lowest BCUT2D eigenvalue weighted by molar-refractivity contribution is 0.240. The molecule has 1 aliphatic rings. The maximum atomic E-state index is 5.98. The third-order valence-corrected chi connectivity index (χ3v) is 4.03. The fourth-order valence-electron chi connectivity index (χ4n) is 2.71. The molecule has 0 aromatic rings. The normalized spacial score (nSPS) is 26.9. The number of nitrogens with zero attached hydrogens (tertiary/aromatic N) is 2. The van der Waals surface area contributed by atoms with E-state index in [9.17, 15) is 0 Å². The zero-order valence-electron chi connectivity index (χ0n) is 11.8. The van der Waals surface area contributed by atoms with E-state index in [-0.39, 0.29) is 5.54 Å². The van der Waals surface area contributed by atoms with Gasteiger partial charge in [0.25, 0.3) is 0 Å². The van der Waals surface area contributed by atoms with Crippen LogP contribution in [-0.2, 0) is 0 Å². The summed E-state index contributed by atoms with van der Waals surface area (Å²) in [6.07, 6.45) is 5.83. The molecule has 0 bridgehead atoms. The van der Waals surface area contributed by atoms with E-state index in [1.807, 2.05) is 11.9 Å². The summed E-state index contributed by atoms with van der Waals surface area (Å²) in [5, 5.41) is 0. The Kier molecular flexibility index (Phi) is 4.61. The minimum Gasteiger partial charge on any atom is -0.370 e. The van der Waals surface area contributed by atoms with Crippen LogP contribution in [0.4, 0.5) is 0 Å². The number of aliphatic imine (C=N–C) groups is 1. The van der Waals surface area contributed by atoms with Gasteiger partial charge in [-0.15, -0.1) is 0 Å². The van der Waals surface area contributed by atoms with Gasteiger partial charge in [0.2, 0.25) is 0 Å². The fourth-order valence-corrected chi connectivity index (χ4v) is 2.71. The molecule has 2 N–H and O–H groups in total. The lowest BCUT2D eigenvalue weighted by Crippen LogP contribution is -2.46. The number of unbranched alkanes of at least 4 members (excludes halogenated alkanes) is 1. The average Bonchev–Trinajstić information content (AvgIpc) is 2.26. The Labute approximate surface area is 106 Å². The second-order valence-electron chi connectivity index (χ2n) is 5.38. The maximum Gasteiger partial charge on any atom is 0.195 e. The monoisotopic (exact) mass is 237 g/mol. The molecule has 3 nitrogen and oxygen atoms in total. The van der Waals surface area contributed by atoms with Crippen LogP contribution in [-0.4, -0.2) is 23.4 Å². The predicted molar refractivity (Wildman–Crippen MR) is 74.9 cm³/mol. The van der Waals surface area contributed by atoms with E-state index in [0.717, 1.165) is 18.5 Å². The van der Waals surface area contributed by atoms with Crippen LogP contribution in [0, 0.1) is 5.92 Å². The second kappa shape index (κ2) is 5.56. The van der Waals surface area contributed by atoms with E-state index < -0.39 is 0 Å². The summed E-state index contributed by atoms with van der Waals surface area (Å²) in [5.41, 5.74) is 7.00. The zero-order chi connectivity index (χ0) is 13.1. The molecular weight excluding hydrogens is 210 g/mol. The van der Waals surface area contributed by atoms with Gasteiger partial charge in [-0.05, 0) is 19.3 Å². The van der Waals surface area contributed by atoms with E-state index >= 15 is 0 Å². The van der Waals surface area contributed by atoms with E-state index in [0.29, 0.717) is 11.9 Å². The SMILES string of the molecule is C=C1C[C@@](C)(C(CC)CCCC)N=C(N)N1C. The van der Waals surface area contributed by atoms with Crippen molar-refractivity contribution in [1.82, 2.24) is 4.90 Å². The number of nitrogens with two attached hydrogens (primary N) is 1. The molecule has 0 fully saturated rings. The predicted octanol–water partition coefficient (Wildman–Crippen LogP) is 3.13. The molecule has 1 heterocycles. The molecule has 0 radical (unpaired) electrons. The summed E-state index contributed by atoms with van der Waals surface area (Å²) >= 11 is 0. The Morgan fingerprint density at radius 1 is 1.53 bits per heavy atom. The van der Waals surface area contributed by atoms with Crippen molar-refractivity contribution < 1.29 is 0 Å². The summed E-state index contributed by atoms with van der Waals surface area (Å²) in [7, 11) is 1.94. The van der Waals surface area contributed by atoms with Crippen LogP contribution < -0.4 is 5.73 Å². The Morgan fingerprint density at radius 3 is 2.65 bits per heavy atom. The highest BCUT2D eigenvalue weighted by molar-refractivity contribution is 5.81. The first kappa shape index (κ1) is 14.1. The molecule has 2 atom stereocenters. The number of guanidine groups is 1. The van der Waals surface area contributed by atoms with Crippen molar-refractivity contribution in [2.24, 2.45) is 16.6 Å². The van der Waals surface area contributed by atoms with Crippen LogP contribution >= 0.6 is 0 Å². The molecule has 0 saturated carbocycles. The second-order valence-corrected chi connectivity index (χ2v) is 5.38. The van der Waals surface area contributed by atoms with Crippen LogP contribution in [0.2, 0.25) is 0 Å². The highest BCUT2D eigenvalue weighted by Crippen LogP contribution is 2.37. The summed E-state index contributed by atoms with van der Waals surface area (Å²) < 4.78 is 0. The van der Waals surface area contributed by atoms with Gasteiger partial charge in [0.05, 0.1) is 5.54 Å². The first-order valence-corrected chi connectivity index (χ1v) is 6.71. The van der Waals surface area contributed by atoms with Gasteiger partial charge in [-0.2, -0.15) is 0 Å². The first-order valence-electron chi connectivity index (χ1n) is 6.71. The Bertz CT molecular complexity index is 309. The molecular formula is C14H27N3. The van der Waals surface area contributed by atoms with Crippen LogP contribution in [0.15, 0.2) is 17.3 Å². The van der Waals surface area contributed by atoms with Gasteiger partial charge in [-0.25, -0.2) is 4.99 Å². The lowest BCUT2D eigenvalue weighted by atomic mass is 9.77. The number of rotatable bonds is 5. The van der Waals surface area contributed by atoms with E-state index in [1.165, 1.54) is 19.3 Å². The number of hydrogen-bond acceptors (Lipinski definition) is 3. The van der Waals surface area contributed by atoms with Crippen molar-refractivity contribution in [3.63, 3.8) is 0 Å². The molecule has 3 heteroatoms. The number of hydrogen-bond donors (Lipinski definition) is 1. The molecule has 1 aliphatic heterocycles. The fraction of sp³-hybridized carbons (Fsp3) is 0.786. The lowest BCUT2D eigenvalue weighted by Gasteiger charge is -2.41. The van der Waals surface area contributed by atoms with Crippen molar-refractivity contribution >= 4 is 5.96 Å². The van der Waals surface area contributed by atoms with Gasteiger partial charge in [-0.1, -0.05) is 39.7 Å². The van der Waals surface area contributed by atoms with E-state index in [1.54, 1.807) is 0 Å². The summed E-state index contributed by atoms with van der Waals surface area (Å²) in [4.78, 5) is 6.63. The molecule has 98 valence electrons. The van der Waals surface area contributed by atoms with Crippen LogP contribution in [0.5, 0.6) is 0 Å². The van der Waals surface area contributed by atoms with Crippen LogP contribution in [0.1, 0.15) is 52.9 Å². The van der Waals surface area contributed by atoms with Crippen molar-refractivity contribution in [2.75, 3.05) is 7.05 Å². The molecule has 1 rings (SSSR count). The highest BCUT2D eigenvalue weighted by Gasteiger charge is 2.37. The quantitative estimate of drug-likeness (QED) is 0.798. The van der Waals surface area contributed by atoms with Gasteiger partial charge >= 0.3 is 0 Å². The third-order valence-electron chi connectivity index (χ3n) is 4.03. The topological polar surface area (TPSA) is 41.6 Å². The standard InChI is InChI=1S/C14H27N3/c1-6-8-9-12(7-2)14(4)10-11(3)17(5)13(15)16-14/h12H,3,6-10H2,1-2,4-5H3,(H2,15,16)/t12?,14-/m0/s1. The Balaban J connectivity index is 2.88. The molecule has 17 heavy (non-hydrogen) atoms. The van der Waals surface area contributed by atoms with Crippen molar-refractivity contribution in [3.8, 4) is 0 Å². The van der Waals surface area contributed by atoms with Gasteiger partial charge < -0.3 is 10.6 Å².